The van der Waals surface area contributed by atoms with Gasteiger partial charge < -0.3 is 29.2 Å². The number of carbonyl (C=O) groups is 4. The Labute approximate surface area is 282 Å². The highest BCUT2D eigenvalue weighted by molar-refractivity contribution is 7.09. The standard InChI is InChI=1S/C33H42FN5O8S/c1-19-7-5-11-35-28(41)10-9-20(2)30(21(3)16-46-33(44)38-27-18-48-22(4)36-27)47-32(43)26-8-6-12-39(26)31(42)25-17-45-29(37-25)15-23(34)14-24(40)13-19/h5,7,9-10,13,17-18,20-21,23-24,26,30,40H,6,8,11-12,14-16H2,1-4H3,(H,35,41)(H,38,44)/b7-5?,10-9+,19-13?. The van der Waals surface area contributed by atoms with Gasteiger partial charge in [-0.2, -0.15) is 0 Å². The Kier molecular flexibility index (Phi) is 13.0. The monoisotopic (exact) mass is 687 g/mol. The van der Waals surface area contributed by atoms with E-state index < -0.39 is 60.1 Å². The summed E-state index contributed by atoms with van der Waals surface area (Å²) in [5.41, 5.74) is 0.602. The topological polar surface area (TPSA) is 173 Å². The molecular formula is C33H42FN5O8S. The molecule has 13 nitrogen and oxygen atoms in total. The van der Waals surface area contributed by atoms with E-state index in [-0.39, 0.29) is 44.1 Å². The Hall–Kier alpha value is -4.37. The molecule has 4 rings (SSSR count). The summed E-state index contributed by atoms with van der Waals surface area (Å²) >= 11 is 1.37. The number of alkyl halides is 1. The van der Waals surface area contributed by atoms with Gasteiger partial charge in [-0.15, -0.1) is 11.3 Å². The highest BCUT2D eigenvalue weighted by atomic mass is 32.1. The number of aliphatic hydroxyl groups is 1. The number of nitrogens with one attached hydrogen (secondary N) is 2. The molecule has 15 heteroatoms. The molecule has 2 bridgehead atoms. The molecule has 1 saturated heterocycles. The zero-order valence-electron chi connectivity index (χ0n) is 27.4. The fourth-order valence-corrected chi connectivity index (χ4v) is 6.04. The normalized spacial score (nSPS) is 26.1. The van der Waals surface area contributed by atoms with Gasteiger partial charge in [0.25, 0.3) is 5.91 Å². The molecule has 6 atom stereocenters. The number of cyclic esters (lactones) is 1. The first-order valence-corrected chi connectivity index (χ1v) is 16.7. The first-order valence-electron chi connectivity index (χ1n) is 15.8. The van der Waals surface area contributed by atoms with Gasteiger partial charge in [-0.1, -0.05) is 43.7 Å². The molecule has 3 amide bonds. The van der Waals surface area contributed by atoms with Crippen LogP contribution in [0.15, 0.2) is 52.0 Å². The highest BCUT2D eigenvalue weighted by Gasteiger charge is 2.39. The van der Waals surface area contributed by atoms with E-state index in [4.69, 9.17) is 13.9 Å². The lowest BCUT2D eigenvalue weighted by Crippen LogP contribution is -2.44. The smallest absolute Gasteiger partial charge is 0.412 e. The summed E-state index contributed by atoms with van der Waals surface area (Å²) < 4.78 is 31.6. The van der Waals surface area contributed by atoms with Crippen molar-refractivity contribution in [3.05, 3.63) is 64.2 Å². The molecule has 0 radical (unpaired) electrons. The van der Waals surface area contributed by atoms with E-state index in [1.54, 1.807) is 44.4 Å². The van der Waals surface area contributed by atoms with Crippen molar-refractivity contribution in [3.63, 3.8) is 0 Å². The Morgan fingerprint density at radius 2 is 2.06 bits per heavy atom. The van der Waals surface area contributed by atoms with Crippen molar-refractivity contribution < 1.29 is 42.6 Å². The average Bonchev–Trinajstić information content (AvgIpc) is 3.80. The molecule has 2 aromatic heterocycles. The molecule has 1 fully saturated rings. The van der Waals surface area contributed by atoms with Crippen LogP contribution in [0.25, 0.3) is 0 Å². The molecule has 0 aromatic carbocycles. The summed E-state index contributed by atoms with van der Waals surface area (Å²) in [7, 11) is 0. The molecule has 0 aliphatic carbocycles. The largest absolute Gasteiger partial charge is 0.460 e. The lowest BCUT2D eigenvalue weighted by molar-refractivity contribution is -0.159. The minimum atomic E-state index is -1.50. The van der Waals surface area contributed by atoms with Crippen molar-refractivity contribution in [1.82, 2.24) is 20.2 Å². The van der Waals surface area contributed by atoms with E-state index in [0.29, 0.717) is 24.2 Å². The van der Waals surface area contributed by atoms with Gasteiger partial charge in [0.2, 0.25) is 5.91 Å². The summed E-state index contributed by atoms with van der Waals surface area (Å²) in [6, 6.07) is -0.920. The van der Waals surface area contributed by atoms with Crippen molar-refractivity contribution in [2.75, 3.05) is 25.0 Å². The third kappa shape index (κ3) is 10.6. The minimum absolute atomic E-state index is 0.00504. The van der Waals surface area contributed by atoms with Crippen LogP contribution in [0.4, 0.5) is 15.0 Å². The number of nitrogens with zero attached hydrogens (tertiary/aromatic N) is 3. The predicted octanol–water partition coefficient (Wildman–Crippen LogP) is 4.30. The Balaban J connectivity index is 1.54. The fourth-order valence-electron chi connectivity index (χ4n) is 5.50. The van der Waals surface area contributed by atoms with Gasteiger partial charge in [0.1, 0.15) is 30.4 Å². The summed E-state index contributed by atoms with van der Waals surface area (Å²) in [6.45, 7) is 7.41. The second kappa shape index (κ2) is 17.2. The summed E-state index contributed by atoms with van der Waals surface area (Å²) in [5.74, 6) is -2.26. The molecule has 2 aromatic rings. The van der Waals surface area contributed by atoms with Crippen molar-refractivity contribution in [2.24, 2.45) is 11.8 Å². The van der Waals surface area contributed by atoms with Crippen molar-refractivity contribution >= 4 is 41.0 Å². The van der Waals surface area contributed by atoms with Crippen LogP contribution in [0.5, 0.6) is 0 Å². The van der Waals surface area contributed by atoms with Crippen LogP contribution in [0, 0.1) is 18.8 Å². The number of thiazole rings is 1. The first kappa shape index (κ1) is 36.5. The summed E-state index contributed by atoms with van der Waals surface area (Å²) in [6.07, 6.45) is 5.25. The number of carbonyl (C=O) groups excluding carboxylic acids is 4. The quantitative estimate of drug-likeness (QED) is 0.394. The number of halogens is 1. The van der Waals surface area contributed by atoms with Gasteiger partial charge in [-0.3, -0.25) is 14.9 Å². The fraction of sp³-hybridized carbons (Fsp3) is 0.515. The number of amides is 3. The molecule has 0 spiro atoms. The number of anilines is 1. The maximum Gasteiger partial charge on any atom is 0.412 e. The number of esters is 1. The lowest BCUT2D eigenvalue weighted by Gasteiger charge is -2.30. The van der Waals surface area contributed by atoms with Crippen LogP contribution >= 0.6 is 11.3 Å². The van der Waals surface area contributed by atoms with Crippen LogP contribution < -0.4 is 10.6 Å². The predicted molar refractivity (Wildman–Crippen MR) is 175 cm³/mol. The van der Waals surface area contributed by atoms with E-state index in [1.165, 1.54) is 28.4 Å². The van der Waals surface area contributed by atoms with Gasteiger partial charge in [-0.05, 0) is 32.8 Å². The van der Waals surface area contributed by atoms with E-state index in [2.05, 4.69) is 20.6 Å². The third-order valence-electron chi connectivity index (χ3n) is 7.89. The number of aliphatic hydroxyl groups excluding tert-OH is 1. The number of oxazole rings is 1. The van der Waals surface area contributed by atoms with Crippen LogP contribution in [0.3, 0.4) is 0 Å². The number of rotatable bonds is 4. The lowest BCUT2D eigenvalue weighted by atomic mass is 9.93. The number of hydrogen-bond acceptors (Lipinski definition) is 11. The number of ether oxygens (including phenoxy) is 2. The van der Waals surface area contributed by atoms with Gasteiger partial charge >= 0.3 is 12.1 Å². The molecule has 3 N–H and O–H groups in total. The zero-order valence-corrected chi connectivity index (χ0v) is 28.2. The average molecular weight is 688 g/mol. The zero-order chi connectivity index (χ0) is 34.8. The van der Waals surface area contributed by atoms with Gasteiger partial charge in [0.15, 0.2) is 11.6 Å². The molecule has 6 unspecified atom stereocenters. The second-order valence-electron chi connectivity index (χ2n) is 12.0. The Morgan fingerprint density at radius 1 is 1.27 bits per heavy atom. The van der Waals surface area contributed by atoms with E-state index >= 15 is 0 Å². The molecule has 260 valence electrons. The molecule has 2 aliphatic heterocycles. The summed E-state index contributed by atoms with van der Waals surface area (Å²) in [4.78, 5) is 61.7. The molecule has 2 aliphatic rings. The number of fused-ring (bicyclic) bond motifs is 3. The van der Waals surface area contributed by atoms with Crippen LogP contribution in [-0.4, -0.2) is 88.0 Å². The minimum Gasteiger partial charge on any atom is -0.460 e. The maximum absolute atomic E-state index is 14.8. The highest BCUT2D eigenvalue weighted by Crippen LogP contribution is 2.26. The van der Waals surface area contributed by atoms with Crippen molar-refractivity contribution in [2.45, 2.75) is 77.8 Å². The van der Waals surface area contributed by atoms with Gasteiger partial charge in [0.05, 0.1) is 24.1 Å². The molecule has 0 saturated carbocycles. The Morgan fingerprint density at radius 3 is 2.81 bits per heavy atom. The Bertz CT molecular complexity index is 1540. The van der Waals surface area contributed by atoms with Crippen LogP contribution in [-0.2, 0) is 25.5 Å². The number of hydrogen-bond donors (Lipinski definition) is 3. The third-order valence-corrected chi connectivity index (χ3v) is 8.66. The van der Waals surface area contributed by atoms with Gasteiger partial charge in [0, 0.05) is 36.7 Å². The van der Waals surface area contributed by atoms with Crippen LogP contribution in [0.1, 0.15) is 61.4 Å². The maximum atomic E-state index is 14.8. The molecule has 48 heavy (non-hydrogen) atoms. The van der Waals surface area contributed by atoms with Gasteiger partial charge in [-0.25, -0.2) is 23.9 Å². The van der Waals surface area contributed by atoms with Crippen molar-refractivity contribution in [1.29, 1.82) is 0 Å². The summed E-state index contributed by atoms with van der Waals surface area (Å²) in [5, 5.41) is 18.1. The second-order valence-corrected chi connectivity index (χ2v) is 13.1. The van der Waals surface area contributed by atoms with E-state index in [9.17, 15) is 28.7 Å². The molecule has 4 heterocycles. The number of aryl methyl sites for hydroxylation is 1. The van der Waals surface area contributed by atoms with E-state index in [1.807, 2.05) is 6.92 Å². The SMILES string of the molecule is CC1=CC(O)CC(F)Cc2nc(co2)C(=O)N2CCCC2C(=O)OC(C(C)COC(=O)Nc2csc(C)n2)C(C)/C=C/C(=O)NCC=C1. The van der Waals surface area contributed by atoms with E-state index in [0.717, 1.165) is 11.3 Å². The first-order chi connectivity index (χ1) is 22.9. The van der Waals surface area contributed by atoms with Crippen molar-refractivity contribution in [3.8, 4) is 0 Å². The molecular weight excluding hydrogens is 645 g/mol. The van der Waals surface area contributed by atoms with Crippen LogP contribution in [0.2, 0.25) is 0 Å². The number of aromatic nitrogens is 2. The number of allylic oxidation sites excluding steroid dienone is 2.